The van der Waals surface area contributed by atoms with E-state index in [1.54, 1.807) is 0 Å². The minimum atomic E-state index is 0.222. The van der Waals surface area contributed by atoms with Gasteiger partial charge in [0.05, 0.1) is 12.6 Å². The maximum Gasteiger partial charge on any atom is 0.237 e. The van der Waals surface area contributed by atoms with Crippen molar-refractivity contribution in [1.82, 2.24) is 10.2 Å². The molecule has 1 aliphatic rings. The van der Waals surface area contributed by atoms with E-state index in [2.05, 4.69) is 37.5 Å². The molecule has 4 heteroatoms. The van der Waals surface area contributed by atoms with Crippen LogP contribution in [0.3, 0.4) is 0 Å². The molecule has 0 aromatic carbocycles. The van der Waals surface area contributed by atoms with Gasteiger partial charge in [-0.1, -0.05) is 6.92 Å². The Kier molecular flexibility index (Phi) is 4.40. The highest BCUT2D eigenvalue weighted by Crippen LogP contribution is 2.32. The molecule has 0 saturated heterocycles. The Labute approximate surface area is 113 Å². The summed E-state index contributed by atoms with van der Waals surface area (Å²) in [5.41, 5.74) is 1.34. The third kappa shape index (κ3) is 2.75. The zero-order chi connectivity index (χ0) is 13.1. The monoisotopic (exact) mass is 266 g/mol. The number of thiophene rings is 1. The van der Waals surface area contributed by atoms with E-state index in [1.807, 2.05) is 16.2 Å². The van der Waals surface area contributed by atoms with Crippen LogP contribution in [0.25, 0.3) is 0 Å². The second-order valence-electron chi connectivity index (χ2n) is 5.00. The van der Waals surface area contributed by atoms with E-state index in [0.717, 1.165) is 19.4 Å². The lowest BCUT2D eigenvalue weighted by Crippen LogP contribution is -2.44. The molecule has 2 rings (SSSR count). The molecule has 0 aliphatic carbocycles. The predicted octanol–water partition coefficient (Wildman–Crippen LogP) is 2.58. The fourth-order valence-corrected chi connectivity index (χ4v) is 3.32. The normalized spacial score (nSPS) is 20.6. The van der Waals surface area contributed by atoms with Crippen LogP contribution in [0.4, 0.5) is 0 Å². The van der Waals surface area contributed by atoms with Gasteiger partial charge >= 0.3 is 0 Å². The van der Waals surface area contributed by atoms with Gasteiger partial charge in [0, 0.05) is 17.5 Å². The highest BCUT2D eigenvalue weighted by Gasteiger charge is 2.27. The first-order valence-electron chi connectivity index (χ1n) is 6.72. The quantitative estimate of drug-likeness (QED) is 0.908. The SMILES string of the molecule is CCC(C)NCC(=O)N1CCc2sccc2C1C. The first-order valence-corrected chi connectivity index (χ1v) is 7.60. The summed E-state index contributed by atoms with van der Waals surface area (Å²) < 4.78 is 0. The van der Waals surface area contributed by atoms with Gasteiger partial charge in [0.2, 0.25) is 5.91 Å². The summed E-state index contributed by atoms with van der Waals surface area (Å²) in [6.45, 7) is 7.69. The number of rotatable bonds is 4. The van der Waals surface area contributed by atoms with Crippen molar-refractivity contribution in [3.05, 3.63) is 21.9 Å². The number of carbonyl (C=O) groups is 1. The topological polar surface area (TPSA) is 32.3 Å². The standard InChI is InChI=1S/C14H22N2OS/c1-4-10(2)15-9-14(17)16-7-5-13-12(11(16)3)6-8-18-13/h6,8,10-11,15H,4-5,7,9H2,1-3H3. The Morgan fingerprint density at radius 3 is 3.17 bits per heavy atom. The van der Waals surface area contributed by atoms with Crippen molar-refractivity contribution in [3.63, 3.8) is 0 Å². The number of hydrogen-bond acceptors (Lipinski definition) is 3. The minimum Gasteiger partial charge on any atom is -0.334 e. The second kappa shape index (κ2) is 5.85. The molecular weight excluding hydrogens is 244 g/mol. The third-order valence-corrected chi connectivity index (χ3v) is 4.81. The van der Waals surface area contributed by atoms with Crippen LogP contribution in [0.15, 0.2) is 11.4 Å². The molecule has 18 heavy (non-hydrogen) atoms. The summed E-state index contributed by atoms with van der Waals surface area (Å²) in [4.78, 5) is 15.7. The molecule has 2 heterocycles. The van der Waals surface area contributed by atoms with E-state index in [0.29, 0.717) is 12.6 Å². The fraction of sp³-hybridized carbons (Fsp3) is 0.643. The number of amides is 1. The van der Waals surface area contributed by atoms with Crippen molar-refractivity contribution >= 4 is 17.2 Å². The predicted molar refractivity (Wildman–Crippen MR) is 75.9 cm³/mol. The lowest BCUT2D eigenvalue weighted by molar-refractivity contribution is -0.132. The van der Waals surface area contributed by atoms with Crippen molar-refractivity contribution in [2.45, 2.75) is 45.7 Å². The largest absolute Gasteiger partial charge is 0.334 e. The molecule has 2 atom stereocenters. The average molecular weight is 266 g/mol. The van der Waals surface area contributed by atoms with Crippen molar-refractivity contribution in [2.24, 2.45) is 0 Å². The van der Waals surface area contributed by atoms with Crippen molar-refractivity contribution < 1.29 is 4.79 Å². The molecule has 0 saturated carbocycles. The molecule has 100 valence electrons. The lowest BCUT2D eigenvalue weighted by atomic mass is 10.0. The van der Waals surface area contributed by atoms with Crippen LogP contribution in [0, 0.1) is 0 Å². The molecule has 0 radical (unpaired) electrons. The summed E-state index contributed by atoms with van der Waals surface area (Å²) >= 11 is 1.81. The van der Waals surface area contributed by atoms with Gasteiger partial charge in [-0.2, -0.15) is 0 Å². The molecule has 3 nitrogen and oxygen atoms in total. The highest BCUT2D eigenvalue weighted by atomic mass is 32.1. The Morgan fingerprint density at radius 2 is 2.44 bits per heavy atom. The van der Waals surface area contributed by atoms with E-state index in [9.17, 15) is 4.79 Å². The van der Waals surface area contributed by atoms with Gasteiger partial charge < -0.3 is 10.2 Å². The minimum absolute atomic E-state index is 0.222. The average Bonchev–Trinajstić information content (AvgIpc) is 2.85. The van der Waals surface area contributed by atoms with Crippen LogP contribution in [0.2, 0.25) is 0 Å². The van der Waals surface area contributed by atoms with Gasteiger partial charge in [0.1, 0.15) is 0 Å². The number of nitrogens with one attached hydrogen (secondary N) is 1. The Hall–Kier alpha value is -0.870. The van der Waals surface area contributed by atoms with Gasteiger partial charge in [0.15, 0.2) is 0 Å². The van der Waals surface area contributed by atoms with Crippen LogP contribution < -0.4 is 5.32 Å². The van der Waals surface area contributed by atoms with Crippen molar-refractivity contribution in [3.8, 4) is 0 Å². The summed E-state index contributed by atoms with van der Waals surface area (Å²) in [5.74, 6) is 0.222. The zero-order valence-corrected chi connectivity index (χ0v) is 12.2. The van der Waals surface area contributed by atoms with Gasteiger partial charge in [-0.25, -0.2) is 0 Å². The van der Waals surface area contributed by atoms with Crippen molar-refractivity contribution in [1.29, 1.82) is 0 Å². The van der Waals surface area contributed by atoms with Crippen molar-refractivity contribution in [2.75, 3.05) is 13.1 Å². The van der Waals surface area contributed by atoms with Gasteiger partial charge in [-0.15, -0.1) is 11.3 Å². The third-order valence-electron chi connectivity index (χ3n) is 3.81. The molecule has 1 aliphatic heterocycles. The first kappa shape index (κ1) is 13.6. The maximum absolute atomic E-state index is 12.2. The molecule has 0 bridgehead atoms. The first-order chi connectivity index (χ1) is 8.63. The number of fused-ring (bicyclic) bond motifs is 1. The number of nitrogens with zero attached hydrogens (tertiary/aromatic N) is 1. The Morgan fingerprint density at radius 1 is 1.67 bits per heavy atom. The summed E-state index contributed by atoms with van der Waals surface area (Å²) in [5, 5.41) is 5.41. The zero-order valence-electron chi connectivity index (χ0n) is 11.4. The molecule has 1 aromatic rings. The molecule has 1 aromatic heterocycles. The molecule has 0 spiro atoms. The summed E-state index contributed by atoms with van der Waals surface area (Å²) in [6.07, 6.45) is 2.06. The van der Waals surface area contributed by atoms with Gasteiger partial charge in [-0.05, 0) is 43.7 Å². The molecular formula is C14H22N2OS. The molecule has 1 N–H and O–H groups in total. The smallest absolute Gasteiger partial charge is 0.237 e. The van der Waals surface area contributed by atoms with E-state index in [-0.39, 0.29) is 11.9 Å². The second-order valence-corrected chi connectivity index (χ2v) is 6.00. The maximum atomic E-state index is 12.2. The number of hydrogen-bond donors (Lipinski definition) is 1. The lowest BCUT2D eigenvalue weighted by Gasteiger charge is -2.34. The molecule has 0 fully saturated rings. The summed E-state index contributed by atoms with van der Waals surface area (Å²) in [6, 6.07) is 2.80. The Balaban J connectivity index is 1.96. The summed E-state index contributed by atoms with van der Waals surface area (Å²) in [7, 11) is 0. The van der Waals surface area contributed by atoms with Crippen LogP contribution in [0.5, 0.6) is 0 Å². The van der Waals surface area contributed by atoms with Crippen LogP contribution in [-0.4, -0.2) is 29.9 Å². The van der Waals surface area contributed by atoms with Crippen LogP contribution in [0.1, 0.15) is 43.7 Å². The van der Waals surface area contributed by atoms with Crippen LogP contribution >= 0.6 is 11.3 Å². The number of carbonyl (C=O) groups excluding carboxylic acids is 1. The highest BCUT2D eigenvalue weighted by molar-refractivity contribution is 7.10. The fourth-order valence-electron chi connectivity index (χ4n) is 2.36. The van der Waals surface area contributed by atoms with Crippen LogP contribution in [-0.2, 0) is 11.2 Å². The van der Waals surface area contributed by atoms with E-state index in [4.69, 9.17) is 0 Å². The van der Waals surface area contributed by atoms with E-state index >= 15 is 0 Å². The van der Waals surface area contributed by atoms with E-state index in [1.165, 1.54) is 10.4 Å². The van der Waals surface area contributed by atoms with Gasteiger partial charge in [-0.3, -0.25) is 4.79 Å². The van der Waals surface area contributed by atoms with Gasteiger partial charge in [0.25, 0.3) is 0 Å². The van der Waals surface area contributed by atoms with E-state index < -0.39 is 0 Å². The molecule has 2 unspecified atom stereocenters. The molecule has 1 amide bonds. The Bertz CT molecular complexity index is 416.